The van der Waals surface area contributed by atoms with Gasteiger partial charge >= 0.3 is 0 Å². The van der Waals surface area contributed by atoms with Crippen LogP contribution in [-0.4, -0.2) is 36.2 Å². The molecule has 0 unspecified atom stereocenters. The van der Waals surface area contributed by atoms with Crippen molar-refractivity contribution in [1.82, 2.24) is 10.2 Å². The second kappa shape index (κ2) is 9.91. The van der Waals surface area contributed by atoms with Crippen LogP contribution in [0, 0.1) is 17.2 Å². The van der Waals surface area contributed by atoms with Crippen molar-refractivity contribution < 1.29 is 5.11 Å². The van der Waals surface area contributed by atoms with Crippen molar-refractivity contribution in [2.45, 2.75) is 26.3 Å². The van der Waals surface area contributed by atoms with Gasteiger partial charge in [0.15, 0.2) is 0 Å². The molecule has 1 aliphatic heterocycles. The number of hydrogen-bond donors (Lipinski definition) is 2. The number of halogens is 2. The van der Waals surface area contributed by atoms with Gasteiger partial charge < -0.3 is 10.4 Å². The first kappa shape index (κ1) is 21.0. The Morgan fingerprint density at radius 1 is 1.27 bits per heavy atom. The van der Waals surface area contributed by atoms with Gasteiger partial charge in [-0.3, -0.25) is 4.90 Å². The number of phenols is 1. The van der Waals surface area contributed by atoms with Gasteiger partial charge in [-0.15, -0.1) is 24.8 Å². The number of nitriles is 1. The summed E-state index contributed by atoms with van der Waals surface area (Å²) in [4.78, 5) is 2.41. The summed E-state index contributed by atoms with van der Waals surface area (Å²) < 4.78 is 0. The average Bonchev–Trinajstić information content (AvgIpc) is 2.46. The Labute approximate surface area is 145 Å². The van der Waals surface area contributed by atoms with Crippen LogP contribution in [-0.2, 0) is 0 Å². The van der Waals surface area contributed by atoms with Crippen LogP contribution in [0.5, 0.6) is 5.75 Å². The molecule has 4 nitrogen and oxygen atoms in total. The van der Waals surface area contributed by atoms with Gasteiger partial charge in [0.25, 0.3) is 0 Å². The van der Waals surface area contributed by atoms with Gasteiger partial charge in [-0.05, 0) is 30.5 Å². The molecule has 0 saturated carbocycles. The third-order valence-electron chi connectivity index (χ3n) is 3.80. The number of phenolic OH excluding ortho intramolecular Hbond substituents is 1. The van der Waals surface area contributed by atoms with Gasteiger partial charge in [0.1, 0.15) is 5.75 Å². The van der Waals surface area contributed by atoms with Crippen LogP contribution in [0.3, 0.4) is 0 Å². The number of aromatic hydroxyl groups is 1. The summed E-state index contributed by atoms with van der Waals surface area (Å²) in [6, 6.07) is 7.50. The Bertz CT molecular complexity index is 497. The Hall–Kier alpha value is -0.990. The second-order valence-corrected chi connectivity index (χ2v) is 5.82. The van der Waals surface area contributed by atoms with E-state index in [1.54, 1.807) is 12.1 Å². The summed E-state index contributed by atoms with van der Waals surface area (Å²) in [5.41, 5.74) is 1.50. The molecule has 0 aromatic heterocycles. The van der Waals surface area contributed by atoms with E-state index in [9.17, 15) is 5.11 Å². The molecule has 1 aromatic rings. The fraction of sp³-hybridized carbons (Fsp3) is 0.562. The molecule has 1 heterocycles. The number of benzene rings is 1. The lowest BCUT2D eigenvalue weighted by atomic mass is 9.93. The average molecular weight is 346 g/mol. The van der Waals surface area contributed by atoms with Crippen LogP contribution >= 0.6 is 24.8 Å². The lowest BCUT2D eigenvalue weighted by Crippen LogP contribution is -2.45. The predicted molar refractivity (Wildman–Crippen MR) is 94.0 cm³/mol. The molecular formula is C16H25Cl2N3O. The topological polar surface area (TPSA) is 59.3 Å². The van der Waals surface area contributed by atoms with Gasteiger partial charge in [-0.2, -0.15) is 5.26 Å². The van der Waals surface area contributed by atoms with Crippen molar-refractivity contribution in [3.8, 4) is 11.8 Å². The molecule has 2 N–H and O–H groups in total. The van der Waals surface area contributed by atoms with E-state index in [4.69, 9.17) is 5.26 Å². The molecule has 124 valence electrons. The van der Waals surface area contributed by atoms with E-state index in [2.05, 4.69) is 30.1 Å². The highest BCUT2D eigenvalue weighted by atomic mass is 35.5. The molecule has 0 amide bonds. The summed E-state index contributed by atoms with van der Waals surface area (Å²) in [5, 5.41) is 22.6. The number of hydrogen-bond acceptors (Lipinski definition) is 4. The predicted octanol–water partition coefficient (Wildman–Crippen LogP) is 3.10. The van der Waals surface area contributed by atoms with Crippen molar-refractivity contribution in [2.24, 2.45) is 5.92 Å². The monoisotopic (exact) mass is 345 g/mol. The lowest BCUT2D eigenvalue weighted by molar-refractivity contribution is 0.151. The van der Waals surface area contributed by atoms with E-state index in [0.717, 1.165) is 38.2 Å². The molecule has 2 rings (SSSR count). The minimum atomic E-state index is 0. The quantitative estimate of drug-likeness (QED) is 0.880. The van der Waals surface area contributed by atoms with Gasteiger partial charge in [0.2, 0.25) is 0 Å². The Balaban J connectivity index is 0.00000220. The summed E-state index contributed by atoms with van der Waals surface area (Å²) in [6.45, 7) is 8.31. The van der Waals surface area contributed by atoms with Crippen LogP contribution in [0.25, 0.3) is 0 Å². The number of nitrogens with one attached hydrogen (secondary N) is 1. The largest absolute Gasteiger partial charge is 0.508 e. The first-order chi connectivity index (χ1) is 9.61. The highest BCUT2D eigenvalue weighted by Crippen LogP contribution is 2.34. The van der Waals surface area contributed by atoms with Crippen molar-refractivity contribution in [2.75, 3.05) is 26.2 Å². The first-order valence-corrected chi connectivity index (χ1v) is 7.29. The zero-order valence-electron chi connectivity index (χ0n) is 13.1. The second-order valence-electron chi connectivity index (χ2n) is 5.82. The molecule has 1 atom stereocenters. The molecule has 1 fully saturated rings. The SMILES string of the molecule is CC(C)C[C@@H](c1cc(C#N)ccc1O)N1CCNCC1.Cl.Cl. The Morgan fingerprint density at radius 2 is 1.91 bits per heavy atom. The van der Waals surface area contributed by atoms with E-state index < -0.39 is 0 Å². The van der Waals surface area contributed by atoms with Crippen LogP contribution < -0.4 is 5.32 Å². The van der Waals surface area contributed by atoms with Crippen molar-refractivity contribution in [3.05, 3.63) is 29.3 Å². The van der Waals surface area contributed by atoms with E-state index in [1.165, 1.54) is 0 Å². The number of nitrogens with zero attached hydrogens (tertiary/aromatic N) is 2. The minimum Gasteiger partial charge on any atom is -0.508 e. The van der Waals surface area contributed by atoms with Crippen molar-refractivity contribution in [1.29, 1.82) is 5.26 Å². The van der Waals surface area contributed by atoms with E-state index in [0.29, 0.717) is 17.2 Å². The Kier molecular flexibility index (Phi) is 9.47. The van der Waals surface area contributed by atoms with Gasteiger partial charge in [0.05, 0.1) is 11.6 Å². The summed E-state index contributed by atoms with van der Waals surface area (Å²) >= 11 is 0. The summed E-state index contributed by atoms with van der Waals surface area (Å²) in [6.07, 6.45) is 0.989. The van der Waals surface area contributed by atoms with Crippen LogP contribution in [0.4, 0.5) is 0 Å². The molecule has 1 saturated heterocycles. The fourth-order valence-electron chi connectivity index (χ4n) is 2.80. The maximum atomic E-state index is 10.2. The van der Waals surface area contributed by atoms with E-state index >= 15 is 0 Å². The smallest absolute Gasteiger partial charge is 0.120 e. The molecule has 6 heteroatoms. The number of piperazine rings is 1. The summed E-state index contributed by atoms with van der Waals surface area (Å²) in [5.74, 6) is 0.841. The molecule has 1 aliphatic rings. The Morgan fingerprint density at radius 3 is 2.45 bits per heavy atom. The van der Waals surface area contributed by atoms with Gasteiger partial charge in [0, 0.05) is 37.8 Å². The number of rotatable bonds is 4. The first-order valence-electron chi connectivity index (χ1n) is 7.29. The zero-order valence-corrected chi connectivity index (χ0v) is 14.7. The third kappa shape index (κ3) is 5.33. The molecule has 0 radical (unpaired) electrons. The molecule has 0 spiro atoms. The lowest BCUT2D eigenvalue weighted by Gasteiger charge is -2.36. The summed E-state index contributed by atoms with van der Waals surface area (Å²) in [7, 11) is 0. The fourth-order valence-corrected chi connectivity index (χ4v) is 2.80. The highest BCUT2D eigenvalue weighted by molar-refractivity contribution is 5.85. The van der Waals surface area contributed by atoms with E-state index in [-0.39, 0.29) is 30.9 Å². The molecule has 0 aliphatic carbocycles. The minimum absolute atomic E-state index is 0. The maximum Gasteiger partial charge on any atom is 0.120 e. The van der Waals surface area contributed by atoms with Crippen molar-refractivity contribution in [3.63, 3.8) is 0 Å². The standard InChI is InChI=1S/C16H23N3O.2ClH/c1-12(2)9-15(19-7-5-18-6-8-19)14-10-13(11-17)3-4-16(14)20;;/h3-4,10,12,15,18,20H,5-9H2,1-2H3;2*1H/t15-;;/m0../s1. The van der Waals surface area contributed by atoms with E-state index in [1.807, 2.05) is 6.07 Å². The molecule has 0 bridgehead atoms. The van der Waals surface area contributed by atoms with Gasteiger partial charge in [-0.1, -0.05) is 13.8 Å². The zero-order chi connectivity index (χ0) is 14.5. The van der Waals surface area contributed by atoms with Crippen LogP contribution in [0.15, 0.2) is 18.2 Å². The van der Waals surface area contributed by atoms with Crippen molar-refractivity contribution >= 4 is 24.8 Å². The maximum absolute atomic E-state index is 10.2. The normalized spacial score (nSPS) is 16.3. The molecule has 22 heavy (non-hydrogen) atoms. The van der Waals surface area contributed by atoms with Crippen LogP contribution in [0.1, 0.15) is 37.4 Å². The highest BCUT2D eigenvalue weighted by Gasteiger charge is 2.25. The molecular weight excluding hydrogens is 321 g/mol. The van der Waals surface area contributed by atoms with Crippen LogP contribution in [0.2, 0.25) is 0 Å². The van der Waals surface area contributed by atoms with Gasteiger partial charge in [-0.25, -0.2) is 0 Å². The third-order valence-corrected chi connectivity index (χ3v) is 3.80. The molecule has 1 aromatic carbocycles.